The summed E-state index contributed by atoms with van der Waals surface area (Å²) in [6.45, 7) is 4.75. The van der Waals surface area contributed by atoms with E-state index in [-0.39, 0.29) is 5.91 Å². The fourth-order valence-corrected chi connectivity index (χ4v) is 2.61. The van der Waals surface area contributed by atoms with Crippen molar-refractivity contribution in [1.82, 2.24) is 15.3 Å². The lowest BCUT2D eigenvalue weighted by Gasteiger charge is -2.09. The minimum absolute atomic E-state index is 0.0707. The van der Waals surface area contributed by atoms with Crippen molar-refractivity contribution < 1.29 is 4.79 Å². The van der Waals surface area contributed by atoms with E-state index >= 15 is 0 Å². The number of nitrogens with zero attached hydrogens (tertiary/aromatic N) is 2. The predicted octanol–water partition coefficient (Wildman–Crippen LogP) is 4.34. The van der Waals surface area contributed by atoms with Gasteiger partial charge in [0, 0.05) is 29.4 Å². The van der Waals surface area contributed by atoms with Gasteiger partial charge in [-0.05, 0) is 37.6 Å². The maximum atomic E-state index is 12.1. The third kappa shape index (κ3) is 4.45. The number of rotatable bonds is 6. The van der Waals surface area contributed by atoms with E-state index in [4.69, 9.17) is 0 Å². The van der Waals surface area contributed by atoms with Crippen LogP contribution in [0.3, 0.4) is 0 Å². The monoisotopic (exact) mass is 346 g/mol. The smallest absolute Gasteiger partial charge is 0.251 e. The van der Waals surface area contributed by atoms with Gasteiger partial charge in [-0.25, -0.2) is 9.97 Å². The Morgan fingerprint density at radius 3 is 2.69 bits per heavy atom. The van der Waals surface area contributed by atoms with Crippen LogP contribution in [-0.4, -0.2) is 22.4 Å². The molecule has 0 aliphatic carbocycles. The number of aromatic nitrogens is 2. The molecule has 2 aromatic carbocycles. The molecule has 0 atom stereocenters. The molecule has 0 spiro atoms. The van der Waals surface area contributed by atoms with Crippen LogP contribution < -0.4 is 10.6 Å². The summed E-state index contributed by atoms with van der Waals surface area (Å²) in [4.78, 5) is 20.8. The van der Waals surface area contributed by atoms with Crippen LogP contribution in [0, 0.1) is 6.92 Å². The molecule has 5 nitrogen and oxygen atoms in total. The third-order valence-corrected chi connectivity index (χ3v) is 3.91. The average Bonchev–Trinajstić information content (AvgIpc) is 2.66. The highest BCUT2D eigenvalue weighted by atomic mass is 16.1. The molecule has 0 bridgehead atoms. The van der Waals surface area contributed by atoms with Crippen molar-refractivity contribution >= 4 is 17.4 Å². The molecule has 0 fully saturated rings. The molecule has 0 saturated carbocycles. The molecule has 0 saturated heterocycles. The Balaban J connectivity index is 1.79. The number of anilines is 2. The SMILES string of the molecule is CCCNC(=O)c1cccc(Nc2cc(-c3cccc(C)c3)ncn2)c1. The zero-order valence-electron chi connectivity index (χ0n) is 15.0. The van der Waals surface area contributed by atoms with E-state index in [0.29, 0.717) is 17.9 Å². The first-order valence-electron chi connectivity index (χ1n) is 8.70. The molecule has 26 heavy (non-hydrogen) atoms. The largest absolute Gasteiger partial charge is 0.352 e. The Morgan fingerprint density at radius 2 is 1.88 bits per heavy atom. The van der Waals surface area contributed by atoms with Crippen LogP contribution in [0.25, 0.3) is 11.3 Å². The van der Waals surface area contributed by atoms with E-state index in [1.807, 2.05) is 43.3 Å². The van der Waals surface area contributed by atoms with E-state index in [0.717, 1.165) is 23.4 Å². The summed E-state index contributed by atoms with van der Waals surface area (Å²) in [5, 5.41) is 6.13. The Kier molecular flexibility index (Phi) is 5.59. The topological polar surface area (TPSA) is 66.9 Å². The van der Waals surface area contributed by atoms with Gasteiger partial charge in [0.05, 0.1) is 5.69 Å². The average molecular weight is 346 g/mol. The Bertz CT molecular complexity index is 908. The van der Waals surface area contributed by atoms with Gasteiger partial charge in [-0.3, -0.25) is 4.79 Å². The molecular formula is C21H22N4O. The molecule has 1 amide bonds. The second-order valence-electron chi connectivity index (χ2n) is 6.12. The van der Waals surface area contributed by atoms with Crippen molar-refractivity contribution in [3.8, 4) is 11.3 Å². The first-order chi connectivity index (χ1) is 12.7. The van der Waals surface area contributed by atoms with E-state index in [9.17, 15) is 4.79 Å². The van der Waals surface area contributed by atoms with Crippen molar-refractivity contribution in [2.24, 2.45) is 0 Å². The molecule has 5 heteroatoms. The third-order valence-electron chi connectivity index (χ3n) is 3.91. The lowest BCUT2D eigenvalue weighted by molar-refractivity contribution is 0.0953. The summed E-state index contributed by atoms with van der Waals surface area (Å²) in [6, 6.07) is 17.5. The molecule has 0 aliphatic rings. The molecule has 132 valence electrons. The molecule has 1 heterocycles. The van der Waals surface area contributed by atoms with Crippen LogP contribution in [0.2, 0.25) is 0 Å². The normalized spacial score (nSPS) is 10.4. The van der Waals surface area contributed by atoms with E-state index < -0.39 is 0 Å². The minimum atomic E-state index is -0.0707. The number of carbonyl (C=O) groups is 1. The summed E-state index contributed by atoms with van der Waals surface area (Å²) in [5.41, 5.74) is 4.51. The van der Waals surface area contributed by atoms with Crippen LogP contribution >= 0.6 is 0 Å². The molecule has 2 N–H and O–H groups in total. The van der Waals surface area contributed by atoms with Crippen LogP contribution in [0.4, 0.5) is 11.5 Å². The highest BCUT2D eigenvalue weighted by Crippen LogP contribution is 2.22. The second kappa shape index (κ2) is 8.25. The fraction of sp³-hybridized carbons (Fsp3) is 0.190. The molecule has 1 aromatic heterocycles. The van der Waals surface area contributed by atoms with Crippen LogP contribution in [0.5, 0.6) is 0 Å². The van der Waals surface area contributed by atoms with Crippen LogP contribution in [0.15, 0.2) is 60.9 Å². The first-order valence-corrected chi connectivity index (χ1v) is 8.70. The Labute approximate surface area is 153 Å². The molecule has 0 radical (unpaired) electrons. The standard InChI is InChI=1S/C21H22N4O/c1-3-10-22-21(26)17-8-5-9-18(12-17)25-20-13-19(23-14-24-20)16-7-4-6-15(2)11-16/h4-9,11-14H,3,10H2,1-2H3,(H,22,26)(H,23,24,25). The number of aryl methyl sites for hydroxylation is 1. The first kappa shape index (κ1) is 17.6. The fourth-order valence-electron chi connectivity index (χ4n) is 2.61. The maximum absolute atomic E-state index is 12.1. The molecule has 0 aliphatic heterocycles. The van der Waals surface area contributed by atoms with Gasteiger partial charge >= 0.3 is 0 Å². The van der Waals surface area contributed by atoms with Gasteiger partial charge in [-0.15, -0.1) is 0 Å². The van der Waals surface area contributed by atoms with Crippen LogP contribution in [0.1, 0.15) is 29.3 Å². The van der Waals surface area contributed by atoms with Gasteiger partial charge in [0.25, 0.3) is 5.91 Å². The number of amides is 1. The summed E-state index contributed by atoms with van der Waals surface area (Å²) in [7, 11) is 0. The Hall–Kier alpha value is -3.21. The lowest BCUT2D eigenvalue weighted by Crippen LogP contribution is -2.23. The number of hydrogen-bond donors (Lipinski definition) is 2. The van der Waals surface area contributed by atoms with Crippen LogP contribution in [-0.2, 0) is 0 Å². The van der Waals surface area contributed by atoms with Gasteiger partial charge in [0.2, 0.25) is 0 Å². The molecule has 3 rings (SSSR count). The van der Waals surface area contributed by atoms with Crippen molar-refractivity contribution in [3.05, 3.63) is 72.1 Å². The van der Waals surface area contributed by atoms with Gasteiger partial charge in [0.1, 0.15) is 12.1 Å². The molecule has 3 aromatic rings. The van der Waals surface area contributed by atoms with Crippen molar-refractivity contribution in [1.29, 1.82) is 0 Å². The van der Waals surface area contributed by atoms with E-state index in [2.05, 4.69) is 39.7 Å². The number of benzene rings is 2. The zero-order valence-corrected chi connectivity index (χ0v) is 15.0. The summed E-state index contributed by atoms with van der Waals surface area (Å²) in [5.74, 6) is 0.612. The summed E-state index contributed by atoms with van der Waals surface area (Å²) >= 11 is 0. The Morgan fingerprint density at radius 1 is 1.04 bits per heavy atom. The maximum Gasteiger partial charge on any atom is 0.251 e. The van der Waals surface area contributed by atoms with Gasteiger partial charge in [-0.2, -0.15) is 0 Å². The van der Waals surface area contributed by atoms with Gasteiger partial charge < -0.3 is 10.6 Å². The predicted molar refractivity (Wildman–Crippen MR) is 105 cm³/mol. The van der Waals surface area contributed by atoms with E-state index in [1.165, 1.54) is 11.9 Å². The van der Waals surface area contributed by atoms with Crippen molar-refractivity contribution in [2.45, 2.75) is 20.3 Å². The van der Waals surface area contributed by atoms with E-state index in [1.54, 1.807) is 6.07 Å². The highest BCUT2D eigenvalue weighted by Gasteiger charge is 2.07. The van der Waals surface area contributed by atoms with Gasteiger partial charge in [-0.1, -0.05) is 36.8 Å². The molecular weight excluding hydrogens is 324 g/mol. The van der Waals surface area contributed by atoms with Crippen molar-refractivity contribution in [3.63, 3.8) is 0 Å². The second-order valence-corrected chi connectivity index (χ2v) is 6.12. The van der Waals surface area contributed by atoms with Gasteiger partial charge in [0.15, 0.2) is 0 Å². The number of nitrogens with one attached hydrogen (secondary N) is 2. The molecule has 0 unspecified atom stereocenters. The highest BCUT2D eigenvalue weighted by molar-refractivity contribution is 5.95. The summed E-state index contributed by atoms with van der Waals surface area (Å²) in [6.07, 6.45) is 2.45. The summed E-state index contributed by atoms with van der Waals surface area (Å²) < 4.78 is 0. The van der Waals surface area contributed by atoms with Crippen molar-refractivity contribution in [2.75, 3.05) is 11.9 Å². The number of carbonyl (C=O) groups excluding carboxylic acids is 1. The quantitative estimate of drug-likeness (QED) is 0.697. The lowest BCUT2D eigenvalue weighted by atomic mass is 10.1. The zero-order chi connectivity index (χ0) is 18.4. The number of hydrogen-bond acceptors (Lipinski definition) is 4. The minimum Gasteiger partial charge on any atom is -0.352 e.